The molecular weight excluding hydrogens is 116 g/mol. The number of amides is 2. The number of carbonyl (C=O) groups is 1. The highest BCUT2D eigenvalue weighted by Crippen LogP contribution is 1.25. The van der Waals surface area contributed by atoms with Gasteiger partial charge in [0.25, 0.3) is 0 Å². The number of halogens is 1. The number of hydrogen-bond acceptors (Lipinski definition) is 1. The number of urea groups is 1. The molecule has 2 amide bonds. The maximum absolute atomic E-state index is 9.00. The summed E-state index contributed by atoms with van der Waals surface area (Å²) in [5, 5.41) is 0. The molecule has 0 aromatic carbocycles. The number of rotatable bonds is 0. The van der Waals surface area contributed by atoms with E-state index in [0.29, 0.717) is 0 Å². The third-order valence-corrected chi connectivity index (χ3v) is 0. The maximum Gasteiger partial charge on any atom is 0.316 e. The summed E-state index contributed by atoms with van der Waals surface area (Å²) in [6, 6.07) is -0.833. The second kappa shape index (κ2) is 9.01. The number of carbonyl (C=O) groups excluding carboxylic acids is 1. The Labute approximate surface area is 58.0 Å². The van der Waals surface area contributed by atoms with Gasteiger partial charge in [-0.3, -0.25) is 0 Å². The van der Waals surface area contributed by atoms with Crippen molar-refractivity contribution >= 4 is 41.5 Å². The van der Waals surface area contributed by atoms with E-state index in [0.717, 1.165) is 0 Å². The van der Waals surface area contributed by atoms with Crippen LogP contribution in [0, 0.1) is 0 Å². The lowest BCUT2D eigenvalue weighted by molar-refractivity contribution is 0.256. The lowest BCUT2D eigenvalue weighted by atomic mass is 11.2. The van der Waals surface area contributed by atoms with Crippen LogP contribution >= 0.6 is 12.4 Å². The summed E-state index contributed by atoms with van der Waals surface area (Å²) >= 11 is 0. The Bertz CT molecular complexity index is 36.5. The lowest BCUT2D eigenvalue weighted by Gasteiger charge is -1.62. The Balaban J connectivity index is -0.0000000450. The van der Waals surface area contributed by atoms with Crippen LogP contribution in [0.2, 0.25) is 0 Å². The predicted molar refractivity (Wildman–Crippen MR) is 29.6 cm³/mol. The molecule has 0 radical (unpaired) electrons. The van der Waals surface area contributed by atoms with E-state index < -0.39 is 6.03 Å². The molecule has 0 saturated carbocycles. The first-order valence-electron chi connectivity index (χ1n) is 0.781. The van der Waals surface area contributed by atoms with Crippen LogP contribution in [-0.2, 0) is 0 Å². The van der Waals surface area contributed by atoms with Crippen LogP contribution in [0.1, 0.15) is 0 Å². The Hall–Kier alpha value is 0.326. The van der Waals surface area contributed by atoms with Crippen LogP contribution < -0.4 is 11.5 Å². The molecule has 0 aliphatic rings. The number of nitrogens with two attached hydrogens (primary N) is 2. The fourth-order valence-corrected chi connectivity index (χ4v) is 0. The quantitative estimate of drug-likeness (QED) is 0.379. The fourth-order valence-electron chi connectivity index (χ4n) is 0. The summed E-state index contributed by atoms with van der Waals surface area (Å²) in [6.07, 6.45) is 0. The van der Waals surface area contributed by atoms with E-state index in [1.807, 2.05) is 0 Å². The average molecular weight is 123 g/mol. The molecule has 6 heavy (non-hydrogen) atoms. The predicted octanol–water partition coefficient (Wildman–Crippen LogP) is -1.47. The van der Waals surface area contributed by atoms with Crippen molar-refractivity contribution in [1.29, 1.82) is 0 Å². The number of primary amides is 2. The molecule has 4 N–H and O–H groups in total. The van der Waals surface area contributed by atoms with E-state index in [1.54, 1.807) is 0 Å². The highest BCUT2D eigenvalue weighted by Gasteiger charge is 1.60. The highest BCUT2D eigenvalue weighted by molar-refractivity contribution is 5.85. The molecule has 0 unspecified atom stereocenters. The van der Waals surface area contributed by atoms with Gasteiger partial charge in [0.1, 0.15) is 0 Å². The maximum atomic E-state index is 9.00. The van der Waals surface area contributed by atoms with Crippen molar-refractivity contribution in [1.82, 2.24) is 0 Å². The van der Waals surface area contributed by atoms with E-state index in [9.17, 15) is 0 Å². The molecule has 3 nitrogen and oxygen atoms in total. The number of hydrogen-bond donors (Lipinski definition) is 2. The third kappa shape index (κ3) is 450. The van der Waals surface area contributed by atoms with Gasteiger partial charge in [0, 0.05) is 0 Å². The first-order valence-corrected chi connectivity index (χ1v) is 0.781. The van der Waals surface area contributed by atoms with Gasteiger partial charge in [-0.25, -0.2) is 4.79 Å². The zero-order chi connectivity index (χ0) is 3.58. The minimum absolute atomic E-state index is 0. The molecule has 0 bridgehead atoms. The molecule has 0 heterocycles. The van der Waals surface area contributed by atoms with Gasteiger partial charge in [-0.15, -0.1) is 12.4 Å². The molecular formula is CH7ClMgN2O. The van der Waals surface area contributed by atoms with Crippen LogP contribution in [0.25, 0.3) is 0 Å². The molecule has 5 heteroatoms. The molecule has 0 saturated heterocycles. The largest absolute Gasteiger partial charge is 0.352 e. The Morgan fingerprint density at radius 1 is 1.33 bits per heavy atom. The van der Waals surface area contributed by atoms with E-state index in [1.165, 1.54) is 0 Å². The first-order chi connectivity index (χ1) is 1.73. The Morgan fingerprint density at radius 3 is 1.33 bits per heavy atom. The van der Waals surface area contributed by atoms with Gasteiger partial charge in [-0.05, 0) is 0 Å². The summed E-state index contributed by atoms with van der Waals surface area (Å²) in [6.45, 7) is 0. The minimum Gasteiger partial charge on any atom is -0.352 e. The molecule has 0 aliphatic heterocycles. The molecule has 0 aromatic heterocycles. The summed E-state index contributed by atoms with van der Waals surface area (Å²) in [5.41, 5.74) is 8.50. The Kier molecular flexibility index (Phi) is 24.4. The van der Waals surface area contributed by atoms with Gasteiger partial charge >= 0.3 is 29.1 Å². The van der Waals surface area contributed by atoms with Gasteiger partial charge in [-0.1, -0.05) is 0 Å². The summed E-state index contributed by atoms with van der Waals surface area (Å²) < 4.78 is 0. The molecule has 0 aliphatic carbocycles. The monoisotopic (exact) mass is 122 g/mol. The molecule has 0 aromatic rings. The van der Waals surface area contributed by atoms with Gasteiger partial charge in [0.05, 0.1) is 0 Å². The van der Waals surface area contributed by atoms with Crippen LogP contribution in [0.15, 0.2) is 0 Å². The normalized spacial score (nSPS) is 4.00. The van der Waals surface area contributed by atoms with E-state index in [4.69, 9.17) is 4.79 Å². The SMILES string of the molecule is Cl.NC(N)=O.[MgH2]. The van der Waals surface area contributed by atoms with Gasteiger partial charge < -0.3 is 11.5 Å². The van der Waals surface area contributed by atoms with Crippen molar-refractivity contribution in [3.8, 4) is 0 Å². The van der Waals surface area contributed by atoms with Crippen molar-refractivity contribution in [2.24, 2.45) is 11.5 Å². The standard InChI is InChI=1S/CH4N2O.ClH.Mg.2H/c2-1(3)4;;;;/h(H4,2,3,4);1H;;;. The van der Waals surface area contributed by atoms with Crippen LogP contribution in [-0.4, -0.2) is 29.1 Å². The van der Waals surface area contributed by atoms with Crippen LogP contribution in [0.5, 0.6) is 0 Å². The zero-order valence-corrected chi connectivity index (χ0v) is 3.29. The molecule has 0 fully saturated rings. The summed E-state index contributed by atoms with van der Waals surface area (Å²) in [7, 11) is 0. The van der Waals surface area contributed by atoms with Crippen molar-refractivity contribution in [2.75, 3.05) is 0 Å². The van der Waals surface area contributed by atoms with Gasteiger partial charge in [0.2, 0.25) is 0 Å². The third-order valence-electron chi connectivity index (χ3n) is 0. The second-order valence-corrected chi connectivity index (χ2v) is 0.402. The van der Waals surface area contributed by atoms with Crippen molar-refractivity contribution in [3.05, 3.63) is 0 Å². The average Bonchev–Trinajstić information content (AvgIpc) is 0.811. The lowest BCUT2D eigenvalue weighted by Crippen LogP contribution is -2.18. The highest BCUT2D eigenvalue weighted by atomic mass is 35.5. The Morgan fingerprint density at radius 2 is 1.33 bits per heavy atom. The van der Waals surface area contributed by atoms with Crippen molar-refractivity contribution < 1.29 is 4.79 Å². The summed E-state index contributed by atoms with van der Waals surface area (Å²) in [5.74, 6) is 0. The molecule has 36 valence electrons. The van der Waals surface area contributed by atoms with E-state index >= 15 is 0 Å². The van der Waals surface area contributed by atoms with Gasteiger partial charge in [-0.2, -0.15) is 0 Å². The zero-order valence-electron chi connectivity index (χ0n) is 2.47. The molecule has 0 atom stereocenters. The molecule has 0 spiro atoms. The second-order valence-electron chi connectivity index (χ2n) is 0.402. The minimum atomic E-state index is -0.833. The summed E-state index contributed by atoms with van der Waals surface area (Å²) in [4.78, 5) is 9.00. The topological polar surface area (TPSA) is 69.1 Å². The van der Waals surface area contributed by atoms with E-state index in [-0.39, 0.29) is 35.5 Å². The smallest absolute Gasteiger partial charge is 0.316 e. The molecule has 0 rings (SSSR count). The van der Waals surface area contributed by atoms with Crippen LogP contribution in [0.4, 0.5) is 4.79 Å². The van der Waals surface area contributed by atoms with Crippen molar-refractivity contribution in [3.63, 3.8) is 0 Å². The van der Waals surface area contributed by atoms with Crippen molar-refractivity contribution in [2.45, 2.75) is 0 Å². The van der Waals surface area contributed by atoms with Gasteiger partial charge in [0.15, 0.2) is 0 Å². The first kappa shape index (κ1) is 16.2. The van der Waals surface area contributed by atoms with E-state index in [2.05, 4.69) is 11.5 Å². The fraction of sp³-hybridized carbons (Fsp3) is 0. The van der Waals surface area contributed by atoms with Crippen LogP contribution in [0.3, 0.4) is 0 Å².